The Labute approximate surface area is 203 Å². The number of amides is 1. The van der Waals surface area contributed by atoms with Crippen molar-refractivity contribution in [2.75, 3.05) is 18.8 Å². The largest absolute Gasteiger partial charge is 0.457 e. The van der Waals surface area contributed by atoms with E-state index in [1.54, 1.807) is 4.52 Å². The number of nitrogens with zero attached hydrogens (tertiary/aromatic N) is 4. The van der Waals surface area contributed by atoms with Crippen molar-refractivity contribution in [2.45, 2.75) is 12.8 Å². The molecule has 7 nitrogen and oxygen atoms in total. The van der Waals surface area contributed by atoms with Gasteiger partial charge >= 0.3 is 0 Å². The Hall–Kier alpha value is -4.57. The standard InChI is InChI=1S/C28H25N5O2/c1-2-25(34)32-16-14-20(15-17-32)8-9-22-18-33-27(28(29)30-19-31-33)26(22)21-10-12-24(13-11-21)35-23-6-4-3-5-7-23/h2-7,10-13,18-20H,1,14-17H2,(H2,29,30,31). The molecule has 35 heavy (non-hydrogen) atoms. The van der Waals surface area contributed by atoms with Crippen LogP contribution in [0.4, 0.5) is 5.82 Å². The average molecular weight is 464 g/mol. The molecule has 174 valence electrons. The molecule has 2 aromatic carbocycles. The Bertz CT molecular complexity index is 1420. The van der Waals surface area contributed by atoms with Crippen LogP contribution < -0.4 is 10.5 Å². The molecule has 2 N–H and O–H groups in total. The van der Waals surface area contributed by atoms with E-state index in [1.807, 2.05) is 65.7 Å². The first-order valence-electron chi connectivity index (χ1n) is 11.5. The van der Waals surface area contributed by atoms with Crippen LogP contribution in [0.5, 0.6) is 11.5 Å². The van der Waals surface area contributed by atoms with Gasteiger partial charge in [-0.15, -0.1) is 0 Å². The quantitative estimate of drug-likeness (QED) is 0.355. The van der Waals surface area contributed by atoms with E-state index in [2.05, 4.69) is 28.5 Å². The zero-order valence-corrected chi connectivity index (χ0v) is 19.2. The lowest BCUT2D eigenvalue weighted by atomic mass is 9.96. The highest BCUT2D eigenvalue weighted by atomic mass is 16.5. The lowest BCUT2D eigenvalue weighted by molar-refractivity contribution is -0.127. The fraction of sp³-hybridized carbons (Fsp3) is 0.179. The van der Waals surface area contributed by atoms with Gasteiger partial charge in [0.25, 0.3) is 0 Å². The number of piperidine rings is 1. The Kier molecular flexibility index (Phi) is 6.18. The molecule has 1 aliphatic rings. The molecule has 1 fully saturated rings. The molecular weight excluding hydrogens is 438 g/mol. The van der Waals surface area contributed by atoms with Crippen molar-refractivity contribution in [1.82, 2.24) is 19.5 Å². The van der Waals surface area contributed by atoms with Gasteiger partial charge in [-0.2, -0.15) is 5.10 Å². The molecule has 0 unspecified atom stereocenters. The van der Waals surface area contributed by atoms with Crippen molar-refractivity contribution < 1.29 is 9.53 Å². The number of carbonyl (C=O) groups is 1. The molecule has 7 heteroatoms. The molecule has 0 spiro atoms. The molecule has 1 amide bonds. The second kappa shape index (κ2) is 9.74. The number of nitrogens with two attached hydrogens (primary N) is 1. The molecule has 5 rings (SSSR count). The number of hydrogen-bond donors (Lipinski definition) is 1. The Morgan fingerprint density at radius 2 is 1.80 bits per heavy atom. The second-order valence-electron chi connectivity index (χ2n) is 8.37. The van der Waals surface area contributed by atoms with Gasteiger partial charge < -0.3 is 15.4 Å². The maximum absolute atomic E-state index is 11.8. The molecule has 3 heterocycles. The molecule has 1 saturated heterocycles. The maximum Gasteiger partial charge on any atom is 0.245 e. The number of aromatic nitrogens is 3. The molecule has 0 aliphatic carbocycles. The fourth-order valence-electron chi connectivity index (χ4n) is 4.29. The highest BCUT2D eigenvalue weighted by Gasteiger charge is 2.20. The van der Waals surface area contributed by atoms with Crippen molar-refractivity contribution in [1.29, 1.82) is 0 Å². The second-order valence-corrected chi connectivity index (χ2v) is 8.37. The molecular formula is C28H25N5O2. The van der Waals surface area contributed by atoms with Crippen LogP contribution in [0.1, 0.15) is 18.4 Å². The predicted molar refractivity (Wildman–Crippen MR) is 136 cm³/mol. The monoisotopic (exact) mass is 463 g/mol. The molecule has 4 aromatic rings. The Balaban J connectivity index is 1.44. The average Bonchev–Trinajstić information content (AvgIpc) is 3.28. The van der Waals surface area contributed by atoms with Crippen LogP contribution in [-0.2, 0) is 4.79 Å². The summed E-state index contributed by atoms with van der Waals surface area (Å²) in [5.41, 5.74) is 9.64. The van der Waals surface area contributed by atoms with E-state index in [1.165, 1.54) is 12.4 Å². The smallest absolute Gasteiger partial charge is 0.245 e. The van der Waals surface area contributed by atoms with Crippen molar-refractivity contribution in [3.8, 4) is 34.5 Å². The molecule has 0 atom stereocenters. The van der Waals surface area contributed by atoms with E-state index < -0.39 is 0 Å². The van der Waals surface area contributed by atoms with Gasteiger partial charge in [0, 0.05) is 30.8 Å². The summed E-state index contributed by atoms with van der Waals surface area (Å²) in [6.45, 7) is 4.95. The van der Waals surface area contributed by atoms with E-state index in [4.69, 9.17) is 10.5 Å². The number of rotatable bonds is 4. The van der Waals surface area contributed by atoms with Gasteiger partial charge in [-0.25, -0.2) is 9.50 Å². The predicted octanol–water partition coefficient (Wildman–Crippen LogP) is 4.55. The Morgan fingerprint density at radius 3 is 2.51 bits per heavy atom. The first-order valence-corrected chi connectivity index (χ1v) is 11.5. The van der Waals surface area contributed by atoms with E-state index in [0.29, 0.717) is 18.9 Å². The summed E-state index contributed by atoms with van der Waals surface area (Å²) in [5, 5.41) is 4.34. The Morgan fingerprint density at radius 1 is 1.09 bits per heavy atom. The number of ether oxygens (including phenoxy) is 1. The van der Waals surface area contributed by atoms with Crippen LogP contribution in [0, 0.1) is 17.8 Å². The SMILES string of the molecule is C=CC(=O)N1CCC(C#Cc2cn3ncnc(N)c3c2-c2ccc(Oc3ccccc3)cc2)CC1. The summed E-state index contributed by atoms with van der Waals surface area (Å²) in [6.07, 6.45) is 6.37. The first-order chi connectivity index (χ1) is 17.1. The minimum atomic E-state index is -0.0221. The molecule has 0 radical (unpaired) electrons. The normalized spacial score (nSPS) is 13.8. The van der Waals surface area contributed by atoms with Crippen LogP contribution in [0.15, 0.2) is 79.8 Å². The fourth-order valence-corrected chi connectivity index (χ4v) is 4.29. The van der Waals surface area contributed by atoms with Gasteiger partial charge in [0.05, 0.1) is 5.56 Å². The number of hydrogen-bond acceptors (Lipinski definition) is 5. The van der Waals surface area contributed by atoms with E-state index in [9.17, 15) is 4.79 Å². The van der Waals surface area contributed by atoms with Gasteiger partial charge in [-0.1, -0.05) is 48.8 Å². The number of carbonyl (C=O) groups excluding carboxylic acids is 1. The molecule has 0 bridgehead atoms. The molecule has 0 saturated carbocycles. The summed E-state index contributed by atoms with van der Waals surface area (Å²) >= 11 is 0. The van der Waals surface area contributed by atoms with E-state index >= 15 is 0 Å². The number of fused-ring (bicyclic) bond motifs is 1. The van der Waals surface area contributed by atoms with Crippen LogP contribution in [0.3, 0.4) is 0 Å². The van der Waals surface area contributed by atoms with Gasteiger partial charge in [0.2, 0.25) is 5.91 Å². The number of para-hydroxylation sites is 1. The van der Waals surface area contributed by atoms with Gasteiger partial charge in [0.1, 0.15) is 23.3 Å². The highest BCUT2D eigenvalue weighted by molar-refractivity contribution is 5.92. The lowest BCUT2D eigenvalue weighted by Gasteiger charge is -2.28. The van der Waals surface area contributed by atoms with Gasteiger partial charge in [0.15, 0.2) is 5.82 Å². The number of nitrogen functional groups attached to an aromatic ring is 1. The topological polar surface area (TPSA) is 85.8 Å². The highest BCUT2D eigenvalue weighted by Crippen LogP contribution is 2.34. The van der Waals surface area contributed by atoms with E-state index in [0.717, 1.165) is 46.5 Å². The van der Waals surface area contributed by atoms with Gasteiger partial charge in [-0.05, 0) is 48.7 Å². The number of anilines is 1. The minimum absolute atomic E-state index is 0.0221. The summed E-state index contributed by atoms with van der Waals surface area (Å²) in [7, 11) is 0. The summed E-state index contributed by atoms with van der Waals surface area (Å²) < 4.78 is 7.66. The van der Waals surface area contributed by atoms with Crippen LogP contribution in [0.25, 0.3) is 16.6 Å². The summed E-state index contributed by atoms with van der Waals surface area (Å²) in [4.78, 5) is 17.9. The molecule has 2 aromatic heterocycles. The zero-order chi connectivity index (χ0) is 24.2. The lowest BCUT2D eigenvalue weighted by Crippen LogP contribution is -2.37. The van der Waals surface area contributed by atoms with Crippen LogP contribution >= 0.6 is 0 Å². The maximum atomic E-state index is 11.8. The minimum Gasteiger partial charge on any atom is -0.457 e. The number of benzene rings is 2. The number of likely N-dealkylation sites (tertiary alicyclic amines) is 1. The van der Waals surface area contributed by atoms with Crippen molar-refractivity contribution in [3.05, 3.63) is 85.3 Å². The van der Waals surface area contributed by atoms with Crippen molar-refractivity contribution in [3.63, 3.8) is 0 Å². The van der Waals surface area contributed by atoms with Gasteiger partial charge in [-0.3, -0.25) is 4.79 Å². The van der Waals surface area contributed by atoms with Crippen molar-refractivity contribution >= 4 is 17.2 Å². The zero-order valence-electron chi connectivity index (χ0n) is 19.2. The third kappa shape index (κ3) is 4.73. The molecule has 1 aliphatic heterocycles. The van der Waals surface area contributed by atoms with Crippen LogP contribution in [0.2, 0.25) is 0 Å². The van der Waals surface area contributed by atoms with Crippen molar-refractivity contribution in [2.24, 2.45) is 5.92 Å². The van der Waals surface area contributed by atoms with E-state index in [-0.39, 0.29) is 11.8 Å². The van der Waals surface area contributed by atoms with Crippen LogP contribution in [-0.4, -0.2) is 38.5 Å². The third-order valence-electron chi connectivity index (χ3n) is 6.12. The third-order valence-corrected chi connectivity index (χ3v) is 6.12. The summed E-state index contributed by atoms with van der Waals surface area (Å²) in [6, 6.07) is 17.5. The first kappa shape index (κ1) is 22.2. The summed E-state index contributed by atoms with van der Waals surface area (Å²) in [5.74, 6) is 8.87.